The van der Waals surface area contributed by atoms with Crippen molar-refractivity contribution >= 4 is 16.5 Å². The van der Waals surface area contributed by atoms with Gasteiger partial charge in [0.1, 0.15) is 0 Å². The Morgan fingerprint density at radius 3 is 2.42 bits per heavy atom. The van der Waals surface area contributed by atoms with Crippen molar-refractivity contribution in [1.29, 1.82) is 0 Å². The van der Waals surface area contributed by atoms with Gasteiger partial charge in [0, 0.05) is 25.6 Å². The lowest BCUT2D eigenvalue weighted by Gasteiger charge is -2.31. The van der Waals surface area contributed by atoms with Crippen LogP contribution >= 0.6 is 11.3 Å². The molecule has 1 aliphatic rings. The zero-order chi connectivity index (χ0) is 14.0. The number of rotatable bonds is 3. The molecule has 1 N–H and O–H groups in total. The number of aliphatic hydroxyl groups is 1. The lowest BCUT2D eigenvalue weighted by Crippen LogP contribution is -2.36. The second kappa shape index (κ2) is 5.77. The van der Waals surface area contributed by atoms with Gasteiger partial charge in [-0.25, -0.2) is 4.98 Å². The van der Waals surface area contributed by atoms with Crippen LogP contribution in [0, 0.1) is 0 Å². The average molecular weight is 284 g/mol. The normalized spacial score (nSPS) is 18.1. The Labute approximate surface area is 119 Å². The molecule has 0 bridgehead atoms. The van der Waals surface area contributed by atoms with E-state index in [0.717, 1.165) is 41.6 Å². The maximum atomic E-state index is 9.51. The number of hydrogen-bond donors (Lipinski definition) is 1. The number of aromatic nitrogens is 1. The first kappa shape index (κ1) is 14.8. The molecule has 0 saturated carbocycles. The highest BCUT2D eigenvalue weighted by Gasteiger charge is 2.26. The first-order valence-electron chi connectivity index (χ1n) is 6.84. The van der Waals surface area contributed by atoms with E-state index in [2.05, 4.69) is 25.7 Å². The Morgan fingerprint density at radius 2 is 2.00 bits per heavy atom. The maximum Gasteiger partial charge on any atom is 0.185 e. The third kappa shape index (κ3) is 3.27. The van der Waals surface area contributed by atoms with E-state index in [1.807, 2.05) is 0 Å². The van der Waals surface area contributed by atoms with Crippen molar-refractivity contribution < 1.29 is 9.84 Å². The van der Waals surface area contributed by atoms with Crippen LogP contribution in [0.5, 0.6) is 0 Å². The number of ether oxygens (including phenoxy) is 1. The number of thiazole rings is 1. The van der Waals surface area contributed by atoms with E-state index in [4.69, 9.17) is 9.72 Å². The van der Waals surface area contributed by atoms with Crippen LogP contribution in [-0.2, 0) is 16.8 Å². The second-order valence-corrected chi connectivity index (χ2v) is 7.16. The van der Waals surface area contributed by atoms with Crippen LogP contribution < -0.4 is 4.90 Å². The number of anilines is 1. The van der Waals surface area contributed by atoms with Gasteiger partial charge in [0.25, 0.3) is 0 Å². The minimum Gasteiger partial charge on any atom is -0.391 e. The highest BCUT2D eigenvalue weighted by Crippen LogP contribution is 2.34. The number of piperidine rings is 1. The molecular weight excluding hydrogens is 260 g/mol. The number of nitrogens with zero attached hydrogens (tertiary/aromatic N) is 2. The molecule has 5 heteroatoms. The topological polar surface area (TPSA) is 45.6 Å². The summed E-state index contributed by atoms with van der Waals surface area (Å²) < 4.78 is 5.40. The van der Waals surface area contributed by atoms with Gasteiger partial charge < -0.3 is 14.7 Å². The molecule has 1 aliphatic heterocycles. The van der Waals surface area contributed by atoms with Crippen molar-refractivity contribution in [2.24, 2.45) is 0 Å². The fourth-order valence-electron chi connectivity index (χ4n) is 2.45. The number of methoxy groups -OCH3 is 1. The Balaban J connectivity index is 2.16. The van der Waals surface area contributed by atoms with E-state index in [-0.39, 0.29) is 12.0 Å². The van der Waals surface area contributed by atoms with Crippen molar-refractivity contribution in [3.05, 3.63) is 10.6 Å². The largest absolute Gasteiger partial charge is 0.391 e. The lowest BCUT2D eigenvalue weighted by molar-refractivity contribution is 0.0819. The molecule has 19 heavy (non-hydrogen) atoms. The molecule has 0 aromatic carbocycles. The SMILES string of the molecule is COC1CCN(c2nc(C(C)(C)C)c(CO)s2)CC1. The summed E-state index contributed by atoms with van der Waals surface area (Å²) in [6.07, 6.45) is 2.49. The molecule has 2 heterocycles. The van der Waals surface area contributed by atoms with Crippen LogP contribution in [0.3, 0.4) is 0 Å². The Kier molecular flexibility index (Phi) is 4.48. The molecule has 1 fully saturated rings. The molecule has 0 unspecified atom stereocenters. The molecule has 4 nitrogen and oxygen atoms in total. The summed E-state index contributed by atoms with van der Waals surface area (Å²) in [6.45, 7) is 8.48. The zero-order valence-electron chi connectivity index (χ0n) is 12.3. The minimum absolute atomic E-state index is 0.0162. The van der Waals surface area contributed by atoms with Crippen LogP contribution in [0.1, 0.15) is 44.2 Å². The van der Waals surface area contributed by atoms with E-state index in [0.29, 0.717) is 6.10 Å². The average Bonchev–Trinajstić information content (AvgIpc) is 2.83. The fraction of sp³-hybridized carbons (Fsp3) is 0.786. The number of hydrogen-bond acceptors (Lipinski definition) is 5. The van der Waals surface area contributed by atoms with Crippen molar-refractivity contribution in [2.45, 2.75) is 51.7 Å². The van der Waals surface area contributed by atoms with Crippen molar-refractivity contribution in [2.75, 3.05) is 25.1 Å². The van der Waals surface area contributed by atoms with Gasteiger partial charge in [-0.05, 0) is 12.8 Å². The minimum atomic E-state index is -0.0162. The van der Waals surface area contributed by atoms with E-state index in [1.54, 1.807) is 18.4 Å². The smallest absolute Gasteiger partial charge is 0.185 e. The van der Waals surface area contributed by atoms with Crippen LogP contribution in [0.2, 0.25) is 0 Å². The molecule has 0 radical (unpaired) electrons. The van der Waals surface area contributed by atoms with Gasteiger partial charge in [0.2, 0.25) is 0 Å². The van der Waals surface area contributed by atoms with E-state index in [9.17, 15) is 5.11 Å². The standard InChI is InChI=1S/C14H24N2O2S/c1-14(2,3)12-11(9-17)19-13(15-12)16-7-5-10(18-4)6-8-16/h10,17H,5-9H2,1-4H3. The quantitative estimate of drug-likeness (QED) is 0.926. The molecule has 0 aliphatic carbocycles. The van der Waals surface area contributed by atoms with Crippen LogP contribution in [0.15, 0.2) is 0 Å². The molecule has 0 atom stereocenters. The number of aliphatic hydroxyl groups excluding tert-OH is 1. The van der Waals surface area contributed by atoms with Gasteiger partial charge in [0.05, 0.1) is 23.3 Å². The van der Waals surface area contributed by atoms with E-state index >= 15 is 0 Å². The van der Waals surface area contributed by atoms with Gasteiger partial charge in [0.15, 0.2) is 5.13 Å². The van der Waals surface area contributed by atoms with Crippen molar-refractivity contribution in [1.82, 2.24) is 4.98 Å². The molecule has 2 rings (SSSR count). The molecule has 0 spiro atoms. The molecule has 1 aromatic heterocycles. The Hall–Kier alpha value is -0.650. The summed E-state index contributed by atoms with van der Waals surface area (Å²) in [5.74, 6) is 0. The molecule has 0 amide bonds. The van der Waals surface area contributed by atoms with Gasteiger partial charge in [-0.3, -0.25) is 0 Å². The zero-order valence-corrected chi connectivity index (χ0v) is 13.1. The Morgan fingerprint density at radius 1 is 1.37 bits per heavy atom. The third-order valence-electron chi connectivity index (χ3n) is 3.59. The predicted octanol–water partition coefficient (Wildman–Crippen LogP) is 2.55. The van der Waals surface area contributed by atoms with Crippen molar-refractivity contribution in [3.8, 4) is 0 Å². The summed E-state index contributed by atoms with van der Waals surface area (Å²) >= 11 is 1.63. The highest BCUT2D eigenvalue weighted by molar-refractivity contribution is 7.15. The first-order valence-corrected chi connectivity index (χ1v) is 7.66. The van der Waals surface area contributed by atoms with Crippen molar-refractivity contribution in [3.63, 3.8) is 0 Å². The van der Waals surface area contributed by atoms with E-state index < -0.39 is 0 Å². The lowest BCUT2D eigenvalue weighted by atomic mass is 9.91. The predicted molar refractivity (Wildman–Crippen MR) is 79.0 cm³/mol. The van der Waals surface area contributed by atoms with Crippen LogP contribution in [0.4, 0.5) is 5.13 Å². The van der Waals surface area contributed by atoms with Crippen LogP contribution in [0.25, 0.3) is 0 Å². The van der Waals surface area contributed by atoms with Gasteiger partial charge in [-0.2, -0.15) is 0 Å². The summed E-state index contributed by atoms with van der Waals surface area (Å²) in [5.41, 5.74) is 1.02. The van der Waals surface area contributed by atoms with Gasteiger partial charge in [-0.1, -0.05) is 32.1 Å². The maximum absolute atomic E-state index is 9.51. The summed E-state index contributed by atoms with van der Waals surface area (Å²) in [4.78, 5) is 8.08. The molecule has 1 aromatic rings. The Bertz CT molecular complexity index is 418. The molecule has 108 valence electrons. The molecular formula is C14H24N2O2S. The van der Waals surface area contributed by atoms with E-state index in [1.165, 1.54) is 0 Å². The summed E-state index contributed by atoms with van der Waals surface area (Å²) in [6, 6.07) is 0. The van der Waals surface area contributed by atoms with Crippen LogP contribution in [-0.4, -0.2) is 36.4 Å². The monoisotopic (exact) mass is 284 g/mol. The highest BCUT2D eigenvalue weighted by atomic mass is 32.1. The second-order valence-electron chi connectivity index (χ2n) is 6.10. The van der Waals surface area contributed by atoms with Gasteiger partial charge >= 0.3 is 0 Å². The fourth-order valence-corrected chi connectivity index (χ4v) is 3.63. The summed E-state index contributed by atoms with van der Waals surface area (Å²) in [7, 11) is 1.78. The first-order chi connectivity index (χ1) is 8.95. The third-order valence-corrected chi connectivity index (χ3v) is 4.69. The summed E-state index contributed by atoms with van der Waals surface area (Å²) in [5, 5.41) is 10.6. The molecule has 1 saturated heterocycles. The van der Waals surface area contributed by atoms with Gasteiger partial charge in [-0.15, -0.1) is 0 Å².